The van der Waals surface area contributed by atoms with E-state index in [-0.39, 0.29) is 59.5 Å². The minimum absolute atomic E-state index is 0. The second-order valence-electron chi connectivity index (χ2n) is 31.5. The lowest BCUT2D eigenvalue weighted by Gasteiger charge is -2.34. The van der Waals surface area contributed by atoms with E-state index in [1.165, 1.54) is 84.9 Å². The fourth-order valence-corrected chi connectivity index (χ4v) is 13.7. The number of carbonyl (C=O) groups is 9. The van der Waals surface area contributed by atoms with E-state index in [1.807, 2.05) is 59.7 Å². The highest BCUT2D eigenvalue weighted by Gasteiger charge is 2.45. The molecule has 1 aromatic carbocycles. The summed E-state index contributed by atoms with van der Waals surface area (Å²) in [5, 5.41) is 66.9. The molecule has 14 N–H and O–H groups in total. The molecule has 1 aromatic rings. The van der Waals surface area contributed by atoms with Crippen LogP contribution in [0.25, 0.3) is 0 Å². The number of nitrogens with one attached hydrogen (secondary N) is 4. The summed E-state index contributed by atoms with van der Waals surface area (Å²) in [6.45, 7) is 24.9. The topological polar surface area (TPSA) is 440 Å². The minimum atomic E-state index is -0.941. The van der Waals surface area contributed by atoms with E-state index in [1.54, 1.807) is 51.0 Å². The molecular formula is C71H130B4ClN9O21. The molecule has 5 fully saturated rings. The molecule has 30 nitrogen and oxygen atoms in total. The van der Waals surface area contributed by atoms with Gasteiger partial charge in [-0.1, -0.05) is 144 Å². The monoisotopic (exact) mass is 1520 g/mol. The first-order chi connectivity index (χ1) is 49.0. The third-order valence-corrected chi connectivity index (χ3v) is 19.8. The molecule has 3 saturated carbocycles. The number of halogens is 1. The number of amides is 3. The Balaban J connectivity index is 0.000000651. The van der Waals surface area contributed by atoms with Gasteiger partial charge in [-0.2, -0.15) is 0 Å². The Bertz CT molecular complexity index is 2840. The Morgan fingerprint density at radius 3 is 1.30 bits per heavy atom. The van der Waals surface area contributed by atoms with Crippen LogP contribution in [0.3, 0.4) is 0 Å². The zero-order valence-corrected chi connectivity index (χ0v) is 67.2. The molecule has 6 aliphatic rings. The van der Waals surface area contributed by atoms with E-state index in [2.05, 4.69) is 36.6 Å². The van der Waals surface area contributed by atoms with Gasteiger partial charge in [-0.3, -0.25) is 28.8 Å². The van der Waals surface area contributed by atoms with Crippen LogP contribution in [0.2, 0.25) is 27.3 Å². The molecule has 0 radical (unpaired) electrons. The number of hydrogen-bond acceptors (Lipinski definition) is 26. The summed E-state index contributed by atoms with van der Waals surface area (Å²) >= 11 is 0. The number of aliphatic hydroxyl groups excluding tert-OH is 1. The lowest BCUT2D eigenvalue weighted by Crippen LogP contribution is -2.59. The Labute approximate surface area is 637 Å². The van der Waals surface area contributed by atoms with Gasteiger partial charge in [-0.25, -0.2) is 14.4 Å². The number of nitrogens with zero attached hydrogens (tertiary/aromatic N) is 3. The molecule has 0 aromatic heterocycles. The zero-order chi connectivity index (χ0) is 79.9. The van der Waals surface area contributed by atoms with Gasteiger partial charge in [0.2, 0.25) is 11.8 Å². The number of ether oxygens (including phenoxy) is 6. The number of methoxy groups -OCH3 is 5. The van der Waals surface area contributed by atoms with Crippen LogP contribution in [0.15, 0.2) is 24.3 Å². The van der Waals surface area contributed by atoms with E-state index < -0.39 is 123 Å². The summed E-state index contributed by atoms with van der Waals surface area (Å²) in [6, 6.07) is 3.42. The smallest absolute Gasteiger partial charge is 0.410 e. The maximum atomic E-state index is 12.7. The summed E-state index contributed by atoms with van der Waals surface area (Å²) in [6.07, 6.45) is 16.4. The van der Waals surface area contributed by atoms with Crippen molar-refractivity contribution in [3.05, 3.63) is 35.4 Å². The van der Waals surface area contributed by atoms with Gasteiger partial charge < -0.3 is 106 Å². The number of carboxylic acid groups (broad SMARTS) is 1. The number of β-amino-alcohol motifs (C(OH)–C–C–N with tert-alkyl or cyclic N) is 1. The van der Waals surface area contributed by atoms with Crippen molar-refractivity contribution < 1.29 is 102 Å². The number of carbonyl (C=O) groups excluding carboxylic acids is 8. The molecule has 0 spiro atoms. The molecule has 7 rings (SSSR count). The SMILES string of the molecule is CB(O)N[C@H](C(=O)O)C(C)(C)C.COC(=O)[C@@H](N)C1CCCCC1.COC(=O)[C@@H](NC(=O)[C@@H](N)C(C)(C)C)C1CCCCC1.COC(=O)[C@@H](NC(=O)[C@@H](NB(C)O)C(C)(C)C)C1CCCCC1.COC(=O)[C@@H]1C[C@H](O)CN1B(C)O.COC(=O)[C@@H]1C[C@H](OC(=O)N2CCc3ccccc3C2)CN1B(C)O.Cl. The predicted molar refractivity (Wildman–Crippen MR) is 409 cm³/mol. The first kappa shape index (κ1) is 98.4. The van der Waals surface area contributed by atoms with Crippen molar-refractivity contribution in [3.8, 4) is 0 Å². The molecule has 604 valence electrons. The van der Waals surface area contributed by atoms with Crippen molar-refractivity contribution in [1.29, 1.82) is 0 Å². The first-order valence-electron chi connectivity index (χ1n) is 37.2. The quantitative estimate of drug-likeness (QED) is 0.0494. The number of benzene rings is 1. The maximum Gasteiger partial charge on any atom is 0.410 e. The van der Waals surface area contributed by atoms with Gasteiger partial charge in [0, 0.05) is 32.6 Å². The van der Waals surface area contributed by atoms with Crippen molar-refractivity contribution in [3.63, 3.8) is 0 Å². The van der Waals surface area contributed by atoms with E-state index in [9.17, 15) is 63.3 Å². The number of esters is 5. The van der Waals surface area contributed by atoms with Crippen LogP contribution in [-0.4, -0.2) is 242 Å². The molecule has 3 heterocycles. The fourth-order valence-electron chi connectivity index (χ4n) is 13.7. The van der Waals surface area contributed by atoms with Crippen molar-refractivity contribution in [2.75, 3.05) is 55.2 Å². The van der Waals surface area contributed by atoms with Crippen molar-refractivity contribution in [1.82, 2.24) is 35.6 Å². The highest BCUT2D eigenvalue weighted by Crippen LogP contribution is 2.32. The predicted octanol–water partition coefficient (Wildman–Crippen LogP) is 4.22. The number of aliphatic carboxylic acids is 1. The van der Waals surface area contributed by atoms with E-state index in [0.29, 0.717) is 44.9 Å². The van der Waals surface area contributed by atoms with Crippen LogP contribution < -0.4 is 32.6 Å². The van der Waals surface area contributed by atoms with E-state index in [4.69, 9.17) is 40.5 Å². The Morgan fingerprint density at radius 2 is 0.925 bits per heavy atom. The minimum Gasteiger partial charge on any atom is -0.480 e. The van der Waals surface area contributed by atoms with E-state index >= 15 is 0 Å². The summed E-state index contributed by atoms with van der Waals surface area (Å²) in [4.78, 5) is 111. The van der Waals surface area contributed by atoms with Gasteiger partial charge >= 0.3 is 70.1 Å². The molecule has 10 atom stereocenters. The molecule has 3 amide bonds. The molecular weight excluding hydrogens is 1390 g/mol. The molecule has 3 aliphatic heterocycles. The van der Waals surface area contributed by atoms with Crippen LogP contribution in [0.4, 0.5) is 4.79 Å². The summed E-state index contributed by atoms with van der Waals surface area (Å²) in [5.74, 6) is -2.72. The molecule has 2 saturated heterocycles. The number of nitrogens with two attached hydrogens (primary N) is 2. The standard InChI is InChI=1S/C17H23BN2O5.C16H31BN2O4.C15H28N2O3.C9H17NO2.C7H14BNO4.C7H16BNO3.ClH/c1-18(23)20-11-14(9-15(20)16(21)24-2)25-17(22)19-8-7-12-5-3-4-6-13(12)10-19;1-16(2,3)13(19-17(4)22)14(20)18-12(15(21)23-5)11-9-7-6-8-10-11;1-15(2,3)12(16)13(18)17-11(14(19)20-4)10-8-6-5-7-9-10;1-12-9(11)8(10)7-5-3-2-4-6-7;1-8(12)9-4-5(10)3-6(9)7(11)13-2;1-7(2,3)5(6(10)11)9-8(4)12;/h3-6,14-15,23H,7-11H2,1-2H3;11-13,19,22H,6-10H2,1-5H3,(H,18,20);10-12H,5-9,16H2,1-4H3,(H,17,18);7-8H,2-6,10H2,1H3;5-6,10,12H,3-4H2,1-2H3;5,9,12H,1-4H3,(H,10,11);1H/t14-,15-;12-,13+;11-,12+;8-;5-,6-;5-;/m000001./s1. The average molecular weight is 1520 g/mol. The highest BCUT2D eigenvalue weighted by molar-refractivity contribution is 6.47. The molecule has 0 unspecified atom stereocenters. The van der Waals surface area contributed by atoms with Gasteiger partial charge in [-0.05, 0) is 124 Å². The number of carboxylic acids is 1. The lowest BCUT2D eigenvalue weighted by molar-refractivity contribution is -0.148. The summed E-state index contributed by atoms with van der Waals surface area (Å²) in [7, 11) is 3.55. The first-order valence-corrected chi connectivity index (χ1v) is 37.2. The van der Waals surface area contributed by atoms with Gasteiger partial charge in [-0.15, -0.1) is 12.4 Å². The van der Waals surface area contributed by atoms with Gasteiger partial charge in [0.1, 0.15) is 42.4 Å². The third-order valence-electron chi connectivity index (χ3n) is 19.8. The van der Waals surface area contributed by atoms with Gasteiger partial charge in [0.15, 0.2) is 0 Å². The molecule has 0 bridgehead atoms. The summed E-state index contributed by atoms with van der Waals surface area (Å²) in [5.41, 5.74) is 12.9. The van der Waals surface area contributed by atoms with Gasteiger partial charge in [0.25, 0.3) is 0 Å². The Morgan fingerprint density at radius 1 is 0.528 bits per heavy atom. The Kier molecular flexibility index (Phi) is 44.6. The van der Waals surface area contributed by atoms with Crippen LogP contribution in [-0.2, 0) is 79.7 Å². The number of rotatable bonds is 20. The van der Waals surface area contributed by atoms with E-state index in [0.717, 1.165) is 76.2 Å². The normalized spacial score (nSPS) is 20.9. The van der Waals surface area contributed by atoms with Crippen molar-refractivity contribution in [2.24, 2.45) is 45.5 Å². The second-order valence-corrected chi connectivity index (χ2v) is 31.5. The highest BCUT2D eigenvalue weighted by atomic mass is 35.5. The number of aliphatic hydroxyl groups is 1. The van der Waals surface area contributed by atoms with Crippen LogP contribution in [0.5, 0.6) is 0 Å². The van der Waals surface area contributed by atoms with Crippen LogP contribution in [0, 0.1) is 34.0 Å². The molecule has 35 heteroatoms. The lowest BCUT2D eigenvalue weighted by atomic mass is 9.78. The van der Waals surface area contributed by atoms with Crippen LogP contribution in [0.1, 0.15) is 183 Å². The van der Waals surface area contributed by atoms with Gasteiger partial charge in [0.05, 0.1) is 53.7 Å². The second kappa shape index (κ2) is 48.1. The molecule has 106 heavy (non-hydrogen) atoms. The largest absolute Gasteiger partial charge is 0.480 e. The Hall–Kier alpha value is -5.64. The van der Waals surface area contributed by atoms with Crippen LogP contribution >= 0.6 is 12.4 Å². The number of fused-ring (bicyclic) bond motifs is 1. The zero-order valence-electron chi connectivity index (χ0n) is 66.4. The average Bonchev–Trinajstić information content (AvgIpc) is 0.929. The number of hydrogen-bond donors (Lipinski definition) is 12. The maximum absolute atomic E-state index is 12.7. The third kappa shape index (κ3) is 33.7. The van der Waals surface area contributed by atoms with Crippen molar-refractivity contribution >= 4 is 94.3 Å². The fraction of sp³-hybridized carbons (Fsp3) is 0.789. The molecule has 3 aliphatic carbocycles. The van der Waals surface area contributed by atoms with Crippen molar-refractivity contribution in [2.45, 2.75) is 272 Å². The summed E-state index contributed by atoms with van der Waals surface area (Å²) < 4.78 is 29.3.